The van der Waals surface area contributed by atoms with Crippen LogP contribution in [0.15, 0.2) is 36.4 Å². The van der Waals surface area contributed by atoms with E-state index in [1.807, 2.05) is 12.1 Å². The first-order valence-electron chi connectivity index (χ1n) is 8.52. The van der Waals surface area contributed by atoms with Gasteiger partial charge in [0.1, 0.15) is 5.75 Å². The third kappa shape index (κ3) is 5.20. The molecule has 27 heavy (non-hydrogen) atoms. The van der Waals surface area contributed by atoms with Crippen molar-refractivity contribution in [3.8, 4) is 5.75 Å². The molecule has 1 heterocycles. The Hall–Kier alpha value is -1.66. The van der Waals surface area contributed by atoms with Gasteiger partial charge in [0.15, 0.2) is 0 Å². The number of methoxy groups -OCH3 is 1. The van der Waals surface area contributed by atoms with Crippen molar-refractivity contribution in [3.05, 3.63) is 51.5 Å². The van der Waals surface area contributed by atoms with Crippen molar-refractivity contribution in [2.45, 2.75) is 0 Å². The van der Waals surface area contributed by atoms with Crippen LogP contribution in [0.4, 0.5) is 11.4 Å². The van der Waals surface area contributed by atoms with Crippen LogP contribution < -0.4 is 15.0 Å². The molecule has 1 aliphatic rings. The molecule has 5 nitrogen and oxygen atoms in total. The van der Waals surface area contributed by atoms with E-state index >= 15 is 0 Å². The van der Waals surface area contributed by atoms with Gasteiger partial charge in [0.25, 0.3) is 0 Å². The number of nitrogens with one attached hydrogen (secondary N) is 1. The van der Waals surface area contributed by atoms with E-state index in [0.29, 0.717) is 33.0 Å². The third-order valence-corrected chi connectivity index (χ3v) is 5.42. The van der Waals surface area contributed by atoms with Crippen LogP contribution in [0.2, 0.25) is 15.1 Å². The first kappa shape index (κ1) is 20.1. The molecule has 2 aromatic carbocycles. The molecular formula is C19H20Cl3N3O2. The number of carbonyl (C=O) groups excluding carboxylic acids is 1. The van der Waals surface area contributed by atoms with E-state index in [0.717, 1.165) is 31.9 Å². The van der Waals surface area contributed by atoms with Crippen molar-refractivity contribution < 1.29 is 9.53 Å². The zero-order valence-corrected chi connectivity index (χ0v) is 17.1. The second kappa shape index (κ2) is 9.02. The highest BCUT2D eigenvalue weighted by Crippen LogP contribution is 2.29. The molecule has 0 radical (unpaired) electrons. The van der Waals surface area contributed by atoms with Gasteiger partial charge in [-0.15, -0.1) is 0 Å². The van der Waals surface area contributed by atoms with Crippen LogP contribution in [0.3, 0.4) is 0 Å². The maximum Gasteiger partial charge on any atom is 0.238 e. The van der Waals surface area contributed by atoms with Gasteiger partial charge in [0, 0.05) is 36.9 Å². The van der Waals surface area contributed by atoms with Gasteiger partial charge < -0.3 is 15.0 Å². The number of hydrogen-bond donors (Lipinski definition) is 1. The summed E-state index contributed by atoms with van der Waals surface area (Å²) in [6.45, 7) is 3.49. The Kier molecular flexibility index (Phi) is 6.71. The molecule has 0 aliphatic carbocycles. The number of halogens is 3. The normalized spacial score (nSPS) is 14.9. The first-order valence-corrected chi connectivity index (χ1v) is 9.65. The monoisotopic (exact) mass is 427 g/mol. The molecule has 0 bridgehead atoms. The molecule has 144 valence electrons. The lowest BCUT2D eigenvalue weighted by molar-refractivity contribution is -0.117. The largest absolute Gasteiger partial charge is 0.495 e. The summed E-state index contributed by atoms with van der Waals surface area (Å²) in [5.74, 6) is 0.482. The van der Waals surface area contributed by atoms with Crippen LogP contribution in [0.25, 0.3) is 0 Å². The van der Waals surface area contributed by atoms with E-state index < -0.39 is 0 Å². The number of ether oxygens (including phenoxy) is 1. The predicted octanol–water partition coefficient (Wildman–Crippen LogP) is 4.42. The Balaban J connectivity index is 1.54. The Bertz CT molecular complexity index is 824. The highest BCUT2D eigenvalue weighted by atomic mass is 35.5. The second-order valence-corrected chi connectivity index (χ2v) is 7.51. The average molecular weight is 429 g/mol. The summed E-state index contributed by atoms with van der Waals surface area (Å²) >= 11 is 18.1. The predicted molar refractivity (Wildman–Crippen MR) is 112 cm³/mol. The molecule has 0 spiro atoms. The molecule has 0 saturated carbocycles. The first-order chi connectivity index (χ1) is 13.0. The average Bonchev–Trinajstić information content (AvgIpc) is 2.65. The number of rotatable bonds is 5. The molecule has 0 unspecified atom stereocenters. The molecule has 0 atom stereocenters. The third-order valence-electron chi connectivity index (χ3n) is 4.44. The van der Waals surface area contributed by atoms with Crippen LogP contribution in [0.5, 0.6) is 5.75 Å². The fourth-order valence-electron chi connectivity index (χ4n) is 3.02. The van der Waals surface area contributed by atoms with Crippen LogP contribution in [0, 0.1) is 0 Å². The number of nitrogens with zero attached hydrogens (tertiary/aromatic N) is 2. The standard InChI is InChI=1S/C19H20Cl3N3O2/c1-27-18-5-2-13(20)10-17(18)23-19(26)12-24-6-8-25(9-7-24)14-3-4-15(21)16(22)11-14/h2-5,10-11H,6-9,12H2,1H3,(H,23,26). The number of carbonyl (C=O) groups is 1. The molecule has 1 amide bonds. The molecule has 1 N–H and O–H groups in total. The molecule has 0 aromatic heterocycles. The Morgan fingerprint density at radius 2 is 1.78 bits per heavy atom. The van der Waals surface area contributed by atoms with Crippen molar-refractivity contribution in [1.29, 1.82) is 0 Å². The van der Waals surface area contributed by atoms with Gasteiger partial charge in [-0.25, -0.2) is 0 Å². The van der Waals surface area contributed by atoms with Crippen molar-refractivity contribution in [2.24, 2.45) is 0 Å². The van der Waals surface area contributed by atoms with Gasteiger partial charge in [-0.2, -0.15) is 0 Å². The molecule has 1 aliphatic heterocycles. The minimum Gasteiger partial charge on any atom is -0.495 e. The van der Waals surface area contributed by atoms with Crippen LogP contribution in [-0.4, -0.2) is 50.6 Å². The highest BCUT2D eigenvalue weighted by Gasteiger charge is 2.20. The van der Waals surface area contributed by atoms with Gasteiger partial charge in [0.2, 0.25) is 5.91 Å². The van der Waals surface area contributed by atoms with Gasteiger partial charge in [-0.1, -0.05) is 34.8 Å². The molecular weight excluding hydrogens is 409 g/mol. The van der Waals surface area contributed by atoms with Crippen molar-refractivity contribution in [2.75, 3.05) is 50.1 Å². The maximum atomic E-state index is 12.4. The Labute approximate surface area is 173 Å². The highest BCUT2D eigenvalue weighted by molar-refractivity contribution is 6.42. The van der Waals surface area contributed by atoms with E-state index in [1.54, 1.807) is 31.4 Å². The maximum absolute atomic E-state index is 12.4. The van der Waals surface area contributed by atoms with Crippen LogP contribution in [0.1, 0.15) is 0 Å². The quantitative estimate of drug-likeness (QED) is 0.766. The Morgan fingerprint density at radius 1 is 1.04 bits per heavy atom. The molecule has 2 aromatic rings. The molecule has 1 saturated heterocycles. The molecule has 8 heteroatoms. The van der Waals surface area contributed by atoms with Gasteiger partial charge in [0.05, 0.1) is 29.4 Å². The van der Waals surface area contributed by atoms with Gasteiger partial charge >= 0.3 is 0 Å². The smallest absolute Gasteiger partial charge is 0.238 e. The lowest BCUT2D eigenvalue weighted by Gasteiger charge is -2.35. The SMILES string of the molecule is COc1ccc(Cl)cc1NC(=O)CN1CCN(c2ccc(Cl)c(Cl)c2)CC1. The topological polar surface area (TPSA) is 44.8 Å². The number of anilines is 2. The van der Waals surface area contributed by atoms with Crippen LogP contribution >= 0.6 is 34.8 Å². The molecule has 3 rings (SSSR count). The lowest BCUT2D eigenvalue weighted by atomic mass is 10.2. The van der Waals surface area contributed by atoms with Gasteiger partial charge in [-0.05, 0) is 36.4 Å². The number of benzene rings is 2. The summed E-state index contributed by atoms with van der Waals surface area (Å²) in [6.07, 6.45) is 0. The fourth-order valence-corrected chi connectivity index (χ4v) is 3.48. The number of piperazine rings is 1. The number of amides is 1. The fraction of sp³-hybridized carbons (Fsp3) is 0.316. The van der Waals surface area contributed by atoms with Crippen LogP contribution in [-0.2, 0) is 4.79 Å². The van der Waals surface area contributed by atoms with Crippen molar-refractivity contribution in [3.63, 3.8) is 0 Å². The summed E-state index contributed by atoms with van der Waals surface area (Å²) in [6, 6.07) is 10.8. The summed E-state index contributed by atoms with van der Waals surface area (Å²) in [5, 5.41) is 4.51. The van der Waals surface area contributed by atoms with Gasteiger partial charge in [-0.3, -0.25) is 9.69 Å². The minimum absolute atomic E-state index is 0.0986. The summed E-state index contributed by atoms with van der Waals surface area (Å²) < 4.78 is 5.26. The van der Waals surface area contributed by atoms with Crippen molar-refractivity contribution in [1.82, 2.24) is 4.90 Å². The minimum atomic E-state index is -0.0986. The Morgan fingerprint density at radius 3 is 2.44 bits per heavy atom. The van der Waals surface area contributed by atoms with E-state index in [4.69, 9.17) is 39.5 Å². The zero-order chi connectivity index (χ0) is 19.4. The summed E-state index contributed by atoms with van der Waals surface area (Å²) in [7, 11) is 1.56. The lowest BCUT2D eigenvalue weighted by Crippen LogP contribution is -2.48. The summed E-state index contributed by atoms with van der Waals surface area (Å²) in [5.41, 5.74) is 1.61. The van der Waals surface area contributed by atoms with E-state index in [1.165, 1.54) is 0 Å². The van der Waals surface area contributed by atoms with E-state index in [-0.39, 0.29) is 5.91 Å². The van der Waals surface area contributed by atoms with Crippen molar-refractivity contribution >= 4 is 52.1 Å². The number of hydrogen-bond acceptors (Lipinski definition) is 4. The summed E-state index contributed by atoms with van der Waals surface area (Å²) in [4.78, 5) is 16.7. The van der Waals surface area contributed by atoms with E-state index in [9.17, 15) is 4.79 Å². The zero-order valence-electron chi connectivity index (χ0n) is 14.8. The second-order valence-electron chi connectivity index (χ2n) is 6.25. The molecule has 1 fully saturated rings. The van der Waals surface area contributed by atoms with E-state index in [2.05, 4.69) is 15.1 Å².